The van der Waals surface area contributed by atoms with Gasteiger partial charge in [0.2, 0.25) is 10.0 Å². The molecule has 14 nitrogen and oxygen atoms in total. The summed E-state index contributed by atoms with van der Waals surface area (Å²) >= 11 is 0. The first kappa shape index (κ1) is 34.2. The molecule has 0 radical (unpaired) electrons. The van der Waals surface area contributed by atoms with E-state index in [1.54, 1.807) is 12.1 Å². The van der Waals surface area contributed by atoms with E-state index in [-0.39, 0.29) is 45.4 Å². The van der Waals surface area contributed by atoms with E-state index in [1.807, 2.05) is 0 Å². The number of nitrogens with two attached hydrogens (primary N) is 1. The van der Waals surface area contributed by atoms with Crippen molar-refractivity contribution in [2.45, 2.75) is 50.1 Å². The van der Waals surface area contributed by atoms with Crippen LogP contribution in [0.15, 0.2) is 47.4 Å². The predicted octanol–water partition coefficient (Wildman–Crippen LogP) is 3.86. The Morgan fingerprint density at radius 1 is 0.857 bits per heavy atom. The quantitative estimate of drug-likeness (QED) is 0.460. The molecule has 0 unspecified atom stereocenters. The number of hydrogen-bond acceptors (Lipinski definition) is 7. The number of carbonyl (C=O) groups is 5. The van der Waals surface area contributed by atoms with Crippen molar-refractivity contribution in [1.82, 2.24) is 10.2 Å². The van der Waals surface area contributed by atoms with E-state index in [2.05, 4.69) is 26.6 Å². The predicted molar refractivity (Wildman–Crippen MR) is 150 cm³/mol. The Labute approximate surface area is 254 Å². The Bertz CT molecular complexity index is 1510. The van der Waals surface area contributed by atoms with Crippen molar-refractivity contribution < 1.29 is 49.5 Å². The molecule has 1 heterocycles. The number of rotatable bonds is 5. The zero-order valence-corrected chi connectivity index (χ0v) is 25.3. The van der Waals surface area contributed by atoms with Crippen LogP contribution in [0, 0.1) is 0 Å². The number of amides is 7. The molecule has 0 bridgehead atoms. The van der Waals surface area contributed by atoms with E-state index in [0.29, 0.717) is 11.3 Å². The van der Waals surface area contributed by atoms with Crippen molar-refractivity contribution in [3.8, 4) is 0 Å². The molecule has 0 spiro atoms. The standard InChI is InChI=1S/C26H33N7O7S.Fe/c1-25(2)21(35)29-18-11-8-16(20(34)28-13-12-15-6-9-17(10-7-15)41(27,39)40)14-19(18)30-22(36)26(3,4)32-24(38)33(5)23(37)31-25;/h6-11,14H,12-13H2,1-5H3,(H7,27,28,29,30,31,32,34,35,36,37,38,39,40);/q;+4/p-4. The van der Waals surface area contributed by atoms with Crippen LogP contribution in [-0.4, -0.2) is 67.8 Å². The Kier molecular flexibility index (Phi) is 10.5. The van der Waals surface area contributed by atoms with Crippen LogP contribution in [0.5, 0.6) is 0 Å². The van der Waals surface area contributed by atoms with Crippen LogP contribution in [-0.2, 0) is 43.1 Å². The molecule has 1 aliphatic heterocycles. The maximum absolute atomic E-state index is 13.0. The summed E-state index contributed by atoms with van der Waals surface area (Å²) in [5.41, 5.74) is -2.70. The molecule has 0 aromatic heterocycles. The number of primary sulfonamides is 1. The summed E-state index contributed by atoms with van der Waals surface area (Å²) in [6, 6.07) is 7.76. The van der Waals surface area contributed by atoms with Crippen molar-refractivity contribution in [1.29, 1.82) is 0 Å². The van der Waals surface area contributed by atoms with E-state index in [4.69, 9.17) is 5.14 Å². The molecule has 224 valence electrons. The average molecular weight is 639 g/mol. The molecule has 2 aromatic rings. The normalized spacial score (nSPS) is 17.0. The third kappa shape index (κ3) is 8.28. The van der Waals surface area contributed by atoms with E-state index in [9.17, 15) is 32.4 Å². The molecule has 16 heteroatoms. The minimum atomic E-state index is -3.82. The van der Waals surface area contributed by atoms with E-state index < -0.39 is 50.9 Å². The minimum absolute atomic E-state index is 0. The SMILES string of the molecule is CN1C(=O)[N-]C(C)(C)C(=O)[N-]c2ccc(C(=O)NCCc3ccc(S(N)(=O)=O)cc3)cc2[N-]C(=O)C(C)(C)[N-]C1=O.[Fe+4]. The fourth-order valence-electron chi connectivity index (χ4n) is 3.42. The third-order valence-corrected chi connectivity index (χ3v) is 6.93. The van der Waals surface area contributed by atoms with Crippen molar-refractivity contribution in [2.75, 3.05) is 13.6 Å². The maximum atomic E-state index is 13.0. The van der Waals surface area contributed by atoms with Crippen molar-refractivity contribution in [3.05, 3.63) is 74.9 Å². The molecule has 3 rings (SSSR count). The maximum Gasteiger partial charge on any atom is 4.00 e. The smallest absolute Gasteiger partial charge is 0.627 e. The fourth-order valence-corrected chi connectivity index (χ4v) is 3.93. The number of carbonyl (C=O) groups excluding carboxylic acids is 5. The summed E-state index contributed by atoms with van der Waals surface area (Å²) in [7, 11) is -2.70. The van der Waals surface area contributed by atoms with Crippen LogP contribution < -0.4 is 10.5 Å². The van der Waals surface area contributed by atoms with Gasteiger partial charge in [-0.1, -0.05) is 65.1 Å². The van der Waals surface area contributed by atoms with Gasteiger partial charge >= 0.3 is 17.1 Å². The van der Waals surface area contributed by atoms with Crippen molar-refractivity contribution in [2.24, 2.45) is 5.14 Å². The second-order valence-electron chi connectivity index (χ2n) is 10.2. The van der Waals surface area contributed by atoms with Gasteiger partial charge in [0.15, 0.2) is 12.1 Å². The molecule has 3 N–H and O–H groups in total. The number of sulfonamides is 1. The summed E-state index contributed by atoms with van der Waals surface area (Å²) < 4.78 is 22.8. The molecule has 0 fully saturated rings. The first-order chi connectivity index (χ1) is 18.9. The second kappa shape index (κ2) is 12.9. The van der Waals surface area contributed by atoms with Gasteiger partial charge in [0.1, 0.15) is 0 Å². The Morgan fingerprint density at radius 2 is 1.36 bits per heavy atom. The zero-order valence-electron chi connectivity index (χ0n) is 23.4. The number of benzene rings is 2. The van der Waals surface area contributed by atoms with E-state index in [1.165, 1.54) is 58.0 Å². The van der Waals surface area contributed by atoms with Gasteiger partial charge in [-0.2, -0.15) is 0 Å². The fraction of sp³-hybridized carbons (Fsp3) is 0.346. The Balaban J connectivity index is 0.00000616. The molecule has 42 heavy (non-hydrogen) atoms. The largest absolute Gasteiger partial charge is 4.00 e. The average Bonchev–Trinajstić information content (AvgIpc) is 2.87. The number of hydrogen-bond donors (Lipinski definition) is 2. The topological polar surface area (TPSA) is 217 Å². The van der Waals surface area contributed by atoms with Crippen LogP contribution in [0.25, 0.3) is 21.3 Å². The zero-order chi connectivity index (χ0) is 30.8. The molecule has 1 aliphatic rings. The van der Waals surface area contributed by atoms with Crippen LogP contribution in [0.2, 0.25) is 0 Å². The van der Waals surface area contributed by atoms with Crippen LogP contribution >= 0.6 is 0 Å². The minimum Gasteiger partial charge on any atom is -0.627 e. The molecule has 0 atom stereocenters. The third-order valence-electron chi connectivity index (χ3n) is 6.00. The van der Waals surface area contributed by atoms with Gasteiger partial charge < -0.3 is 41.1 Å². The molecular formula is C26H29FeN7O7S. The number of nitrogens with zero attached hydrogens (tertiary/aromatic N) is 5. The van der Waals surface area contributed by atoms with Crippen LogP contribution in [0.4, 0.5) is 21.0 Å². The summed E-state index contributed by atoms with van der Waals surface area (Å²) in [6.45, 7) is 5.51. The van der Waals surface area contributed by atoms with Crippen LogP contribution in [0.1, 0.15) is 43.6 Å². The van der Waals surface area contributed by atoms with Gasteiger partial charge in [-0.3, -0.25) is 14.4 Å². The summed E-state index contributed by atoms with van der Waals surface area (Å²) in [4.78, 5) is 64.4. The van der Waals surface area contributed by atoms with E-state index in [0.717, 1.165) is 12.6 Å². The molecule has 0 aliphatic carbocycles. The molecule has 2 aromatic carbocycles. The first-order valence-corrected chi connectivity index (χ1v) is 13.8. The Hall–Kier alpha value is -3.98. The molecular weight excluding hydrogens is 610 g/mol. The number of fused-ring (bicyclic) bond motifs is 1. The second-order valence-corrected chi connectivity index (χ2v) is 11.8. The summed E-state index contributed by atoms with van der Waals surface area (Å²) in [5, 5.41) is 23.4. The van der Waals surface area contributed by atoms with Gasteiger partial charge in [-0.15, -0.1) is 11.4 Å². The van der Waals surface area contributed by atoms with Gasteiger partial charge in [-0.25, -0.2) is 13.6 Å². The first-order valence-electron chi connectivity index (χ1n) is 12.2. The van der Waals surface area contributed by atoms with E-state index >= 15 is 0 Å². The Morgan fingerprint density at radius 3 is 1.86 bits per heavy atom. The number of imide groups is 1. The van der Waals surface area contributed by atoms with Crippen molar-refractivity contribution >= 4 is 51.2 Å². The summed E-state index contributed by atoms with van der Waals surface area (Å²) in [5.74, 6) is -2.25. The molecule has 7 amide bonds. The number of nitrogens with one attached hydrogen (secondary N) is 1. The van der Waals surface area contributed by atoms with Crippen LogP contribution in [0.3, 0.4) is 0 Å². The molecule has 0 saturated carbocycles. The monoisotopic (exact) mass is 639 g/mol. The van der Waals surface area contributed by atoms with Gasteiger partial charge in [0.05, 0.1) is 16.7 Å². The van der Waals surface area contributed by atoms with Crippen molar-refractivity contribution in [3.63, 3.8) is 0 Å². The molecule has 0 saturated heterocycles. The number of urea groups is 2. The van der Waals surface area contributed by atoms with Gasteiger partial charge in [-0.05, 0) is 24.1 Å². The van der Waals surface area contributed by atoms with Gasteiger partial charge in [0, 0.05) is 23.2 Å². The summed E-state index contributed by atoms with van der Waals surface area (Å²) in [6.07, 6.45) is 0.379. The van der Waals surface area contributed by atoms with Gasteiger partial charge in [0.25, 0.3) is 5.91 Å².